The summed E-state index contributed by atoms with van der Waals surface area (Å²) in [6, 6.07) is 7.09. The van der Waals surface area contributed by atoms with Gasteiger partial charge in [0.1, 0.15) is 17.3 Å². The maximum absolute atomic E-state index is 13.7. The molecule has 0 aliphatic rings. The molecule has 0 bridgehead atoms. The minimum atomic E-state index is -0.591. The van der Waals surface area contributed by atoms with Crippen molar-refractivity contribution in [3.63, 3.8) is 0 Å². The molecule has 0 atom stereocenters. The van der Waals surface area contributed by atoms with Gasteiger partial charge in [-0.15, -0.1) is 0 Å². The Kier molecular flexibility index (Phi) is 5.59. The van der Waals surface area contributed by atoms with Crippen LogP contribution in [0.4, 0.5) is 15.8 Å². The molecule has 0 heterocycles. The number of nitrogens with one attached hydrogen (secondary N) is 2. The van der Waals surface area contributed by atoms with Gasteiger partial charge in [-0.1, -0.05) is 0 Å². The van der Waals surface area contributed by atoms with Crippen molar-refractivity contribution in [2.45, 2.75) is 13.8 Å². The first-order valence-electron chi connectivity index (χ1n) is 7.46. The highest BCUT2D eigenvalue weighted by molar-refractivity contribution is 6.05. The standard InChI is InChI=1S/C18H19FN2O4/c1-10-16(24-3)7-12(8-17(10)25-4)18(23)21-13-5-6-14(19)15(9-13)20-11(2)22/h5-9H,1-4H3,(H,20,22)(H,21,23). The summed E-state index contributed by atoms with van der Waals surface area (Å²) < 4.78 is 24.2. The van der Waals surface area contributed by atoms with Gasteiger partial charge in [0.15, 0.2) is 0 Å². The van der Waals surface area contributed by atoms with Gasteiger partial charge in [-0.2, -0.15) is 0 Å². The third-order valence-electron chi connectivity index (χ3n) is 3.55. The molecule has 6 nitrogen and oxygen atoms in total. The van der Waals surface area contributed by atoms with E-state index in [9.17, 15) is 14.0 Å². The van der Waals surface area contributed by atoms with Crippen LogP contribution in [0.5, 0.6) is 11.5 Å². The average Bonchev–Trinajstić information content (AvgIpc) is 2.57. The molecule has 0 fully saturated rings. The lowest BCUT2D eigenvalue weighted by molar-refractivity contribution is -0.114. The second-order valence-corrected chi connectivity index (χ2v) is 5.34. The van der Waals surface area contributed by atoms with Crippen molar-refractivity contribution in [3.8, 4) is 11.5 Å². The van der Waals surface area contributed by atoms with Crippen LogP contribution in [-0.4, -0.2) is 26.0 Å². The van der Waals surface area contributed by atoms with E-state index in [1.807, 2.05) is 6.92 Å². The Labute approximate surface area is 144 Å². The fourth-order valence-electron chi connectivity index (χ4n) is 2.31. The van der Waals surface area contributed by atoms with Crippen molar-refractivity contribution >= 4 is 23.2 Å². The number of hydrogen-bond acceptors (Lipinski definition) is 4. The summed E-state index contributed by atoms with van der Waals surface area (Å²) in [4.78, 5) is 23.6. The van der Waals surface area contributed by atoms with Gasteiger partial charge in [0.25, 0.3) is 5.91 Å². The monoisotopic (exact) mass is 346 g/mol. The predicted molar refractivity (Wildman–Crippen MR) is 92.9 cm³/mol. The van der Waals surface area contributed by atoms with E-state index in [2.05, 4.69) is 10.6 Å². The smallest absolute Gasteiger partial charge is 0.255 e. The van der Waals surface area contributed by atoms with E-state index in [-0.39, 0.29) is 5.69 Å². The Hall–Kier alpha value is -3.09. The first kappa shape index (κ1) is 18.3. The van der Waals surface area contributed by atoms with E-state index in [0.717, 1.165) is 11.6 Å². The average molecular weight is 346 g/mol. The van der Waals surface area contributed by atoms with Gasteiger partial charge in [0.05, 0.1) is 19.9 Å². The molecule has 2 aromatic carbocycles. The molecule has 2 aromatic rings. The van der Waals surface area contributed by atoms with Crippen LogP contribution in [0.3, 0.4) is 0 Å². The number of amides is 2. The van der Waals surface area contributed by atoms with E-state index in [0.29, 0.717) is 22.7 Å². The van der Waals surface area contributed by atoms with Gasteiger partial charge in [0, 0.05) is 23.7 Å². The van der Waals surface area contributed by atoms with E-state index < -0.39 is 17.6 Å². The van der Waals surface area contributed by atoms with Gasteiger partial charge in [-0.25, -0.2) is 4.39 Å². The highest BCUT2D eigenvalue weighted by Gasteiger charge is 2.14. The molecule has 0 unspecified atom stereocenters. The molecular formula is C18H19FN2O4. The molecular weight excluding hydrogens is 327 g/mol. The van der Waals surface area contributed by atoms with Crippen molar-refractivity contribution in [1.29, 1.82) is 0 Å². The summed E-state index contributed by atoms with van der Waals surface area (Å²) in [6.07, 6.45) is 0. The Balaban J connectivity index is 2.29. The molecule has 0 aromatic heterocycles. The maximum atomic E-state index is 13.7. The van der Waals surface area contributed by atoms with Gasteiger partial charge < -0.3 is 20.1 Å². The molecule has 0 aliphatic carbocycles. The van der Waals surface area contributed by atoms with Gasteiger partial charge in [-0.3, -0.25) is 9.59 Å². The number of benzene rings is 2. The number of carbonyl (C=O) groups is 2. The van der Waals surface area contributed by atoms with Crippen molar-refractivity contribution in [2.24, 2.45) is 0 Å². The number of hydrogen-bond donors (Lipinski definition) is 2. The number of methoxy groups -OCH3 is 2. The zero-order chi connectivity index (χ0) is 18.6. The predicted octanol–water partition coefficient (Wildman–Crippen LogP) is 3.36. The van der Waals surface area contributed by atoms with Crippen LogP contribution in [0.25, 0.3) is 0 Å². The minimum absolute atomic E-state index is 0.00985. The van der Waals surface area contributed by atoms with E-state index in [1.54, 1.807) is 12.1 Å². The summed E-state index contributed by atoms with van der Waals surface area (Å²) in [5.74, 6) is -0.385. The van der Waals surface area contributed by atoms with E-state index >= 15 is 0 Å². The number of anilines is 2. The van der Waals surface area contributed by atoms with Gasteiger partial charge >= 0.3 is 0 Å². The first-order valence-corrected chi connectivity index (χ1v) is 7.46. The Bertz CT molecular complexity index is 796. The molecule has 0 saturated carbocycles. The summed E-state index contributed by atoms with van der Waals surface area (Å²) in [5.41, 5.74) is 1.43. The molecule has 0 radical (unpaired) electrons. The number of halogens is 1. The summed E-state index contributed by atoms with van der Waals surface area (Å²) >= 11 is 0. The van der Waals surface area contributed by atoms with Crippen LogP contribution in [0.15, 0.2) is 30.3 Å². The zero-order valence-corrected chi connectivity index (χ0v) is 14.4. The third-order valence-corrected chi connectivity index (χ3v) is 3.55. The topological polar surface area (TPSA) is 76.7 Å². The van der Waals surface area contributed by atoms with Crippen molar-refractivity contribution < 1.29 is 23.5 Å². The number of rotatable bonds is 5. The fourth-order valence-corrected chi connectivity index (χ4v) is 2.31. The van der Waals surface area contributed by atoms with Crippen LogP contribution >= 0.6 is 0 Å². The molecule has 7 heteroatoms. The Morgan fingerprint density at radius 2 is 1.60 bits per heavy atom. The van der Waals surface area contributed by atoms with Crippen LogP contribution in [-0.2, 0) is 4.79 Å². The Morgan fingerprint density at radius 1 is 1.00 bits per heavy atom. The molecule has 132 valence electrons. The Morgan fingerprint density at radius 3 is 2.12 bits per heavy atom. The molecule has 2 amide bonds. The molecule has 2 N–H and O–H groups in total. The highest BCUT2D eigenvalue weighted by atomic mass is 19.1. The lowest BCUT2D eigenvalue weighted by atomic mass is 10.1. The van der Waals surface area contributed by atoms with Crippen LogP contribution < -0.4 is 20.1 Å². The molecule has 0 saturated heterocycles. The summed E-state index contributed by atoms with van der Waals surface area (Å²) in [6.45, 7) is 3.09. The molecule has 2 rings (SSSR count). The summed E-state index contributed by atoms with van der Waals surface area (Å²) in [7, 11) is 3.01. The van der Waals surface area contributed by atoms with E-state index in [4.69, 9.17) is 9.47 Å². The fraction of sp³-hybridized carbons (Fsp3) is 0.222. The zero-order valence-electron chi connectivity index (χ0n) is 14.4. The quantitative estimate of drug-likeness (QED) is 0.870. The van der Waals surface area contributed by atoms with Crippen molar-refractivity contribution in [1.82, 2.24) is 0 Å². The number of ether oxygens (including phenoxy) is 2. The lowest BCUT2D eigenvalue weighted by Gasteiger charge is -2.13. The maximum Gasteiger partial charge on any atom is 0.255 e. The SMILES string of the molecule is COc1cc(C(=O)Nc2ccc(F)c(NC(C)=O)c2)cc(OC)c1C. The number of carbonyl (C=O) groups excluding carboxylic acids is 2. The van der Waals surface area contributed by atoms with Gasteiger partial charge in [-0.05, 0) is 37.3 Å². The largest absolute Gasteiger partial charge is 0.496 e. The second-order valence-electron chi connectivity index (χ2n) is 5.34. The third kappa shape index (κ3) is 4.26. The van der Waals surface area contributed by atoms with Crippen molar-refractivity contribution in [3.05, 3.63) is 47.3 Å². The van der Waals surface area contributed by atoms with Crippen LogP contribution in [0.2, 0.25) is 0 Å². The van der Waals surface area contributed by atoms with Gasteiger partial charge in [0.2, 0.25) is 5.91 Å². The van der Waals surface area contributed by atoms with Crippen molar-refractivity contribution in [2.75, 3.05) is 24.9 Å². The van der Waals surface area contributed by atoms with Crippen LogP contribution in [0.1, 0.15) is 22.8 Å². The van der Waals surface area contributed by atoms with E-state index in [1.165, 1.54) is 33.3 Å². The molecule has 0 aliphatic heterocycles. The minimum Gasteiger partial charge on any atom is -0.496 e. The second kappa shape index (κ2) is 7.65. The van der Waals surface area contributed by atoms with Crippen LogP contribution in [0, 0.1) is 12.7 Å². The first-order chi connectivity index (χ1) is 11.8. The molecule has 0 spiro atoms. The normalized spacial score (nSPS) is 10.1. The summed E-state index contributed by atoms with van der Waals surface area (Å²) in [5, 5.41) is 5.02. The highest BCUT2D eigenvalue weighted by Crippen LogP contribution is 2.30. The molecule has 25 heavy (non-hydrogen) atoms. The lowest BCUT2D eigenvalue weighted by Crippen LogP contribution is -2.14.